The van der Waals surface area contributed by atoms with Crippen molar-refractivity contribution in [3.63, 3.8) is 0 Å². The first-order chi connectivity index (χ1) is 5.74. The maximum Gasteiger partial charge on any atom is -0.00435 e. The number of nitrogens with two attached hydrogens (primary N) is 1. The molecule has 12 heavy (non-hydrogen) atoms. The average Bonchev–Trinajstić information content (AvgIpc) is 2.40. The molecular weight excluding hydrogens is 146 g/mol. The Morgan fingerprint density at radius 1 is 1.17 bits per heavy atom. The van der Waals surface area contributed by atoms with Crippen LogP contribution in [0.1, 0.15) is 40.0 Å². The lowest BCUT2D eigenvalue weighted by atomic mass is 9.85. The second kappa shape index (κ2) is 4.27. The van der Waals surface area contributed by atoms with Crippen LogP contribution in [0.4, 0.5) is 0 Å². The highest BCUT2D eigenvalue weighted by atomic mass is 14.6. The number of hydrogen-bond acceptors (Lipinski definition) is 1. The molecule has 1 fully saturated rings. The SMILES string of the molecule is CCC1C(C)C[C@@H](CC)C1CN. The minimum absolute atomic E-state index is 0.815. The van der Waals surface area contributed by atoms with Gasteiger partial charge in [0.2, 0.25) is 0 Å². The Labute approximate surface area is 76.7 Å². The van der Waals surface area contributed by atoms with Crippen molar-refractivity contribution in [1.82, 2.24) is 0 Å². The fourth-order valence-corrected chi connectivity index (χ4v) is 3.14. The molecule has 0 spiro atoms. The van der Waals surface area contributed by atoms with Crippen molar-refractivity contribution in [1.29, 1.82) is 0 Å². The van der Waals surface area contributed by atoms with Crippen LogP contribution in [0.3, 0.4) is 0 Å². The molecule has 0 heterocycles. The van der Waals surface area contributed by atoms with Gasteiger partial charge in [0.25, 0.3) is 0 Å². The molecule has 0 saturated heterocycles. The molecule has 1 heteroatoms. The second-order valence-electron chi connectivity index (χ2n) is 4.35. The van der Waals surface area contributed by atoms with E-state index in [1.165, 1.54) is 19.3 Å². The van der Waals surface area contributed by atoms with Crippen LogP contribution < -0.4 is 5.73 Å². The molecule has 1 aliphatic carbocycles. The standard InChI is InChI=1S/C11H23N/c1-4-9-6-8(3)10(5-2)11(9)7-12/h8-11H,4-7,12H2,1-3H3/t8?,9-,10?,11?/m1/s1. The van der Waals surface area contributed by atoms with Crippen molar-refractivity contribution in [2.45, 2.75) is 40.0 Å². The smallest absolute Gasteiger partial charge is 0.00435 e. The van der Waals surface area contributed by atoms with Crippen LogP contribution in [0.15, 0.2) is 0 Å². The van der Waals surface area contributed by atoms with Crippen molar-refractivity contribution < 1.29 is 0 Å². The fraction of sp³-hybridized carbons (Fsp3) is 1.00. The van der Waals surface area contributed by atoms with E-state index in [-0.39, 0.29) is 0 Å². The van der Waals surface area contributed by atoms with Crippen LogP contribution in [0.2, 0.25) is 0 Å². The largest absolute Gasteiger partial charge is 0.330 e. The summed E-state index contributed by atoms with van der Waals surface area (Å²) < 4.78 is 0. The fourth-order valence-electron chi connectivity index (χ4n) is 3.14. The van der Waals surface area contributed by atoms with E-state index >= 15 is 0 Å². The maximum atomic E-state index is 5.83. The average molecular weight is 169 g/mol. The molecule has 2 N–H and O–H groups in total. The molecule has 72 valence electrons. The number of hydrogen-bond donors (Lipinski definition) is 1. The van der Waals surface area contributed by atoms with Crippen LogP contribution in [0, 0.1) is 23.7 Å². The molecule has 3 unspecified atom stereocenters. The molecule has 0 aliphatic heterocycles. The Morgan fingerprint density at radius 2 is 1.83 bits per heavy atom. The summed E-state index contributed by atoms with van der Waals surface area (Å²) in [6.07, 6.45) is 4.05. The minimum Gasteiger partial charge on any atom is -0.330 e. The summed E-state index contributed by atoms with van der Waals surface area (Å²) >= 11 is 0. The van der Waals surface area contributed by atoms with Crippen molar-refractivity contribution in [2.75, 3.05) is 6.54 Å². The first-order valence-electron chi connectivity index (χ1n) is 5.44. The lowest BCUT2D eigenvalue weighted by molar-refractivity contribution is 0.285. The van der Waals surface area contributed by atoms with Crippen molar-refractivity contribution >= 4 is 0 Å². The molecule has 1 rings (SSSR count). The van der Waals surface area contributed by atoms with E-state index in [9.17, 15) is 0 Å². The topological polar surface area (TPSA) is 26.0 Å². The summed E-state index contributed by atoms with van der Waals surface area (Å²) in [5.41, 5.74) is 5.83. The van der Waals surface area contributed by atoms with E-state index in [0.29, 0.717) is 0 Å². The molecule has 0 aromatic carbocycles. The van der Waals surface area contributed by atoms with Crippen molar-refractivity contribution in [3.8, 4) is 0 Å². The van der Waals surface area contributed by atoms with Crippen LogP contribution in [-0.2, 0) is 0 Å². The molecule has 0 radical (unpaired) electrons. The normalized spacial score (nSPS) is 42.0. The Kier molecular flexibility index (Phi) is 3.57. The molecule has 0 aromatic heterocycles. The van der Waals surface area contributed by atoms with Gasteiger partial charge < -0.3 is 5.73 Å². The van der Waals surface area contributed by atoms with Crippen molar-refractivity contribution in [3.05, 3.63) is 0 Å². The summed E-state index contributed by atoms with van der Waals surface area (Å²) in [5, 5.41) is 0. The van der Waals surface area contributed by atoms with Gasteiger partial charge in [-0.15, -0.1) is 0 Å². The first-order valence-corrected chi connectivity index (χ1v) is 5.44. The molecule has 1 nitrogen and oxygen atoms in total. The van der Waals surface area contributed by atoms with E-state index in [4.69, 9.17) is 5.73 Å². The first kappa shape index (κ1) is 10.0. The lowest BCUT2D eigenvalue weighted by Crippen LogP contribution is -2.24. The summed E-state index contributed by atoms with van der Waals surface area (Å²) in [5.74, 6) is 3.54. The third kappa shape index (κ3) is 1.66. The Balaban J connectivity index is 2.61. The molecular formula is C11H23N. The van der Waals surface area contributed by atoms with Crippen LogP contribution >= 0.6 is 0 Å². The monoisotopic (exact) mass is 169 g/mol. The van der Waals surface area contributed by atoms with Crippen molar-refractivity contribution in [2.24, 2.45) is 29.4 Å². The van der Waals surface area contributed by atoms with E-state index in [0.717, 1.165) is 30.2 Å². The third-order valence-corrected chi connectivity index (χ3v) is 3.83. The van der Waals surface area contributed by atoms with Gasteiger partial charge in [0.05, 0.1) is 0 Å². The zero-order valence-corrected chi connectivity index (χ0v) is 8.72. The van der Waals surface area contributed by atoms with Gasteiger partial charge in [-0.3, -0.25) is 0 Å². The Morgan fingerprint density at radius 3 is 2.25 bits per heavy atom. The minimum atomic E-state index is 0.815. The Bertz CT molecular complexity index is 133. The zero-order valence-electron chi connectivity index (χ0n) is 8.72. The molecule has 0 bridgehead atoms. The quantitative estimate of drug-likeness (QED) is 0.690. The van der Waals surface area contributed by atoms with Gasteiger partial charge in [-0.25, -0.2) is 0 Å². The van der Waals surface area contributed by atoms with Gasteiger partial charge in [-0.05, 0) is 36.6 Å². The molecule has 0 amide bonds. The van der Waals surface area contributed by atoms with Gasteiger partial charge in [0.1, 0.15) is 0 Å². The van der Waals surface area contributed by atoms with Crippen LogP contribution in [0.5, 0.6) is 0 Å². The third-order valence-electron chi connectivity index (χ3n) is 3.83. The van der Waals surface area contributed by atoms with Gasteiger partial charge in [-0.2, -0.15) is 0 Å². The highest BCUT2D eigenvalue weighted by Crippen LogP contribution is 2.43. The van der Waals surface area contributed by atoms with E-state index < -0.39 is 0 Å². The molecule has 0 aromatic rings. The maximum absolute atomic E-state index is 5.83. The summed E-state index contributed by atoms with van der Waals surface area (Å²) in [4.78, 5) is 0. The van der Waals surface area contributed by atoms with Crippen LogP contribution in [0.25, 0.3) is 0 Å². The summed E-state index contributed by atoms with van der Waals surface area (Å²) in [6, 6.07) is 0. The molecule has 4 atom stereocenters. The predicted octanol–water partition coefficient (Wildman–Crippen LogP) is 2.65. The molecule has 1 aliphatic rings. The van der Waals surface area contributed by atoms with Gasteiger partial charge in [-0.1, -0.05) is 33.6 Å². The number of rotatable bonds is 3. The van der Waals surface area contributed by atoms with Crippen LogP contribution in [-0.4, -0.2) is 6.54 Å². The lowest BCUT2D eigenvalue weighted by Gasteiger charge is -2.22. The molecule has 1 saturated carbocycles. The van der Waals surface area contributed by atoms with E-state index in [1.807, 2.05) is 0 Å². The van der Waals surface area contributed by atoms with Gasteiger partial charge in [0, 0.05) is 0 Å². The van der Waals surface area contributed by atoms with Gasteiger partial charge in [0.15, 0.2) is 0 Å². The predicted molar refractivity (Wildman–Crippen MR) is 53.9 cm³/mol. The summed E-state index contributed by atoms with van der Waals surface area (Å²) in [6.45, 7) is 7.91. The second-order valence-corrected chi connectivity index (χ2v) is 4.35. The highest BCUT2D eigenvalue weighted by Gasteiger charge is 2.37. The van der Waals surface area contributed by atoms with E-state index in [1.54, 1.807) is 0 Å². The Hall–Kier alpha value is -0.0400. The summed E-state index contributed by atoms with van der Waals surface area (Å²) in [7, 11) is 0. The van der Waals surface area contributed by atoms with Gasteiger partial charge >= 0.3 is 0 Å². The zero-order chi connectivity index (χ0) is 9.14. The highest BCUT2D eigenvalue weighted by molar-refractivity contribution is 4.88. The van der Waals surface area contributed by atoms with E-state index in [2.05, 4.69) is 20.8 Å².